The van der Waals surface area contributed by atoms with E-state index in [0.717, 1.165) is 12.8 Å². The molecule has 2 bridgehead atoms. The van der Waals surface area contributed by atoms with Gasteiger partial charge in [-0.1, -0.05) is 18.2 Å². The number of carbonyl (C=O) groups is 1. The lowest BCUT2D eigenvalue weighted by Gasteiger charge is -2.51. The number of nitrogens with zero attached hydrogens (tertiary/aromatic N) is 1. The average molecular weight is 308 g/mol. The number of hydrogen-bond acceptors (Lipinski definition) is 2. The summed E-state index contributed by atoms with van der Waals surface area (Å²) < 4.78 is 0. The maximum Gasteiger partial charge on any atom is 0.137 e. The van der Waals surface area contributed by atoms with Gasteiger partial charge in [-0.2, -0.15) is 0 Å². The van der Waals surface area contributed by atoms with Crippen molar-refractivity contribution in [2.24, 2.45) is 11.8 Å². The standard InChI is InChI=1S/C20H24N2O/c23-18-11-13-7-8-15(18)20(22-9-3-4-10-22)19(13)16-12-21-17-6-2-1-5-14(16)17/h1-2,5-6,12-13,15,19-21H,3-4,7-11H2/t13-,15+,19+,20-/m0/s1. The first-order chi connectivity index (χ1) is 11.3. The van der Waals surface area contributed by atoms with Crippen LogP contribution in [0.3, 0.4) is 0 Å². The molecule has 3 heteroatoms. The normalized spacial score (nSPS) is 34.5. The number of fused-ring (bicyclic) bond motifs is 4. The molecular formula is C20H24N2O. The zero-order valence-electron chi connectivity index (χ0n) is 13.5. The average Bonchev–Trinajstić information content (AvgIpc) is 3.24. The van der Waals surface area contributed by atoms with Crippen molar-refractivity contribution in [1.82, 2.24) is 9.88 Å². The summed E-state index contributed by atoms with van der Waals surface area (Å²) >= 11 is 0. The van der Waals surface area contributed by atoms with Gasteiger partial charge in [0.25, 0.3) is 0 Å². The van der Waals surface area contributed by atoms with Gasteiger partial charge < -0.3 is 4.98 Å². The molecule has 120 valence electrons. The molecule has 0 spiro atoms. The number of ketones is 1. The van der Waals surface area contributed by atoms with Crippen molar-refractivity contribution in [1.29, 1.82) is 0 Å². The Morgan fingerprint density at radius 1 is 1.09 bits per heavy atom. The van der Waals surface area contributed by atoms with Gasteiger partial charge in [0.2, 0.25) is 0 Å². The van der Waals surface area contributed by atoms with Gasteiger partial charge in [0.05, 0.1) is 0 Å². The Kier molecular flexibility index (Phi) is 3.12. The Hall–Kier alpha value is -1.61. The minimum Gasteiger partial charge on any atom is -0.361 e. The Balaban J connectivity index is 1.62. The van der Waals surface area contributed by atoms with E-state index < -0.39 is 0 Å². The van der Waals surface area contributed by atoms with Gasteiger partial charge >= 0.3 is 0 Å². The fourth-order valence-corrected chi connectivity index (χ4v) is 5.59. The third kappa shape index (κ3) is 2.02. The first kappa shape index (κ1) is 13.8. The van der Waals surface area contributed by atoms with E-state index in [9.17, 15) is 4.79 Å². The first-order valence-electron chi connectivity index (χ1n) is 9.16. The molecule has 1 aliphatic heterocycles. The number of likely N-dealkylation sites (tertiary alicyclic amines) is 1. The number of Topliss-reactive ketones (excluding diaryl/α,β-unsaturated/α-hetero) is 1. The van der Waals surface area contributed by atoms with Crippen LogP contribution < -0.4 is 0 Å². The number of aromatic amines is 1. The molecule has 1 saturated heterocycles. The predicted octanol–water partition coefficient (Wildman–Crippen LogP) is 3.71. The highest BCUT2D eigenvalue weighted by molar-refractivity contribution is 5.87. The molecule has 0 amide bonds. The molecule has 4 fully saturated rings. The van der Waals surface area contributed by atoms with Crippen molar-refractivity contribution >= 4 is 16.7 Å². The van der Waals surface area contributed by atoms with Gasteiger partial charge in [-0.25, -0.2) is 0 Å². The molecule has 0 radical (unpaired) electrons. The molecule has 1 aromatic heterocycles. The van der Waals surface area contributed by atoms with Crippen molar-refractivity contribution in [2.45, 2.75) is 44.1 Å². The van der Waals surface area contributed by atoms with Gasteiger partial charge in [-0.3, -0.25) is 9.69 Å². The van der Waals surface area contributed by atoms with Crippen LogP contribution in [-0.4, -0.2) is 34.8 Å². The summed E-state index contributed by atoms with van der Waals surface area (Å²) in [5.41, 5.74) is 2.69. The first-order valence-corrected chi connectivity index (χ1v) is 9.16. The maximum atomic E-state index is 12.6. The second-order valence-electron chi connectivity index (χ2n) is 7.66. The van der Waals surface area contributed by atoms with Crippen LogP contribution in [0.4, 0.5) is 0 Å². The summed E-state index contributed by atoms with van der Waals surface area (Å²) in [6.45, 7) is 2.36. The second-order valence-corrected chi connectivity index (χ2v) is 7.66. The number of benzene rings is 1. The summed E-state index contributed by atoms with van der Waals surface area (Å²) in [5, 5.41) is 1.36. The van der Waals surface area contributed by atoms with E-state index in [1.54, 1.807) is 0 Å². The van der Waals surface area contributed by atoms with Crippen molar-refractivity contribution < 1.29 is 4.79 Å². The SMILES string of the molecule is O=C1C[C@@H]2CC[C@H]1[C@H](N1CCCC1)[C@H]2c1c[nH]c2ccccc12. The predicted molar refractivity (Wildman–Crippen MR) is 91.5 cm³/mol. The Morgan fingerprint density at radius 3 is 2.74 bits per heavy atom. The van der Waals surface area contributed by atoms with Crippen molar-refractivity contribution in [3.05, 3.63) is 36.0 Å². The fraction of sp³-hybridized carbons (Fsp3) is 0.550. The summed E-state index contributed by atoms with van der Waals surface area (Å²) in [7, 11) is 0. The molecule has 23 heavy (non-hydrogen) atoms. The van der Waals surface area contributed by atoms with Crippen LogP contribution in [0.1, 0.15) is 43.6 Å². The highest BCUT2D eigenvalue weighted by Gasteiger charge is 2.51. The summed E-state index contributed by atoms with van der Waals surface area (Å²) in [5.74, 6) is 1.88. The molecule has 6 rings (SSSR count). The van der Waals surface area contributed by atoms with E-state index in [0.29, 0.717) is 23.7 Å². The van der Waals surface area contributed by atoms with Crippen molar-refractivity contribution in [3.8, 4) is 0 Å². The van der Waals surface area contributed by atoms with Gasteiger partial charge in [-0.05, 0) is 56.3 Å². The molecule has 3 nitrogen and oxygen atoms in total. The number of carbonyl (C=O) groups excluding carboxylic acids is 1. The maximum absolute atomic E-state index is 12.6. The molecule has 2 aromatic rings. The van der Waals surface area contributed by atoms with Gasteiger partial charge in [0.15, 0.2) is 0 Å². The summed E-state index contributed by atoms with van der Waals surface area (Å²) in [6.07, 6.45) is 7.96. The fourth-order valence-electron chi connectivity index (χ4n) is 5.59. The quantitative estimate of drug-likeness (QED) is 0.918. The van der Waals surface area contributed by atoms with Crippen LogP contribution in [0.15, 0.2) is 30.5 Å². The van der Waals surface area contributed by atoms with Crippen molar-refractivity contribution in [3.63, 3.8) is 0 Å². The minimum atomic E-state index is 0.275. The zero-order chi connectivity index (χ0) is 15.4. The Morgan fingerprint density at radius 2 is 1.91 bits per heavy atom. The van der Waals surface area contributed by atoms with Crippen LogP contribution in [0.2, 0.25) is 0 Å². The monoisotopic (exact) mass is 308 g/mol. The van der Waals surface area contributed by atoms with E-state index in [2.05, 4.69) is 40.3 Å². The molecule has 0 unspecified atom stereocenters. The van der Waals surface area contributed by atoms with Crippen molar-refractivity contribution in [2.75, 3.05) is 13.1 Å². The van der Waals surface area contributed by atoms with Gasteiger partial charge in [0.1, 0.15) is 5.78 Å². The lowest BCUT2D eigenvalue weighted by Crippen LogP contribution is -2.55. The Labute approximate surface area is 137 Å². The zero-order valence-corrected chi connectivity index (χ0v) is 13.5. The summed E-state index contributed by atoms with van der Waals surface area (Å²) in [4.78, 5) is 18.7. The number of hydrogen-bond donors (Lipinski definition) is 1. The van der Waals surface area contributed by atoms with Crippen LogP contribution >= 0.6 is 0 Å². The molecule has 4 aliphatic rings. The van der Waals surface area contributed by atoms with E-state index in [1.807, 2.05) is 0 Å². The second kappa shape index (κ2) is 5.20. The highest BCUT2D eigenvalue weighted by atomic mass is 16.1. The lowest BCUT2D eigenvalue weighted by atomic mass is 9.59. The van der Waals surface area contributed by atoms with Crippen LogP contribution in [0, 0.1) is 11.8 Å². The number of rotatable bonds is 2. The van der Waals surface area contributed by atoms with E-state index in [4.69, 9.17) is 0 Å². The third-order valence-corrected chi connectivity index (χ3v) is 6.56. The molecular weight excluding hydrogens is 284 g/mol. The van der Waals surface area contributed by atoms with Crippen LogP contribution in [-0.2, 0) is 4.79 Å². The molecule has 1 N–H and O–H groups in total. The molecule has 3 aliphatic carbocycles. The van der Waals surface area contributed by atoms with E-state index in [1.165, 1.54) is 48.8 Å². The Bertz CT molecular complexity index is 743. The van der Waals surface area contributed by atoms with E-state index >= 15 is 0 Å². The number of para-hydroxylation sites is 1. The largest absolute Gasteiger partial charge is 0.361 e. The smallest absolute Gasteiger partial charge is 0.137 e. The lowest BCUT2D eigenvalue weighted by molar-refractivity contribution is -0.134. The number of nitrogens with one attached hydrogen (secondary N) is 1. The van der Waals surface area contributed by atoms with Crippen LogP contribution in [0.25, 0.3) is 10.9 Å². The number of aromatic nitrogens is 1. The van der Waals surface area contributed by atoms with Gasteiger partial charge in [-0.15, -0.1) is 0 Å². The van der Waals surface area contributed by atoms with E-state index in [-0.39, 0.29) is 5.92 Å². The minimum absolute atomic E-state index is 0.275. The molecule has 1 aromatic carbocycles. The molecule has 2 heterocycles. The molecule has 3 saturated carbocycles. The number of H-pyrrole nitrogens is 1. The summed E-state index contributed by atoms with van der Waals surface area (Å²) in [6, 6.07) is 9.08. The highest BCUT2D eigenvalue weighted by Crippen LogP contribution is 2.51. The topological polar surface area (TPSA) is 36.1 Å². The van der Waals surface area contributed by atoms with Gasteiger partial charge in [0, 0.05) is 41.4 Å². The van der Waals surface area contributed by atoms with Crippen LogP contribution in [0.5, 0.6) is 0 Å². The molecule has 4 atom stereocenters. The third-order valence-electron chi connectivity index (χ3n) is 6.56.